The summed E-state index contributed by atoms with van der Waals surface area (Å²) < 4.78 is 27.3. The van der Waals surface area contributed by atoms with E-state index in [9.17, 15) is 8.42 Å². The zero-order chi connectivity index (χ0) is 17.9. The van der Waals surface area contributed by atoms with E-state index in [4.69, 9.17) is 0 Å². The summed E-state index contributed by atoms with van der Waals surface area (Å²) in [6.07, 6.45) is 4.09. The Hall–Kier alpha value is -2.09. The zero-order valence-electron chi connectivity index (χ0n) is 14.1. The molecule has 0 fully saturated rings. The minimum Gasteiger partial charge on any atom is -0.265 e. The smallest absolute Gasteiger partial charge is 0.240 e. The van der Waals surface area contributed by atoms with E-state index < -0.39 is 10.0 Å². The van der Waals surface area contributed by atoms with E-state index in [-0.39, 0.29) is 4.90 Å². The van der Waals surface area contributed by atoms with Crippen molar-refractivity contribution in [2.45, 2.75) is 25.2 Å². The average Bonchev–Trinajstić information content (AvgIpc) is 2.97. The zero-order valence-corrected chi connectivity index (χ0v) is 15.7. The van der Waals surface area contributed by atoms with E-state index in [0.717, 1.165) is 26.7 Å². The van der Waals surface area contributed by atoms with Crippen LogP contribution in [0.3, 0.4) is 0 Å². The Morgan fingerprint density at radius 1 is 1.04 bits per heavy atom. The minimum absolute atomic E-state index is 0.289. The predicted molar refractivity (Wildman–Crippen MR) is 100 cm³/mol. The summed E-state index contributed by atoms with van der Waals surface area (Å²) >= 11 is 1.59. The first-order chi connectivity index (χ1) is 12.0. The molecule has 0 aliphatic rings. The van der Waals surface area contributed by atoms with Crippen LogP contribution in [0.15, 0.2) is 53.7 Å². The number of rotatable bonds is 6. The predicted octanol–water partition coefficient (Wildman–Crippen LogP) is 3.34. The topological polar surface area (TPSA) is 72.0 Å². The number of nitrogens with one attached hydrogen (secondary N) is 1. The molecular weight excluding hydrogens is 354 g/mol. The first-order valence-corrected chi connectivity index (χ1v) is 10.2. The molecule has 0 aliphatic heterocycles. The van der Waals surface area contributed by atoms with Crippen molar-refractivity contribution in [3.8, 4) is 10.6 Å². The van der Waals surface area contributed by atoms with Crippen LogP contribution in [0.5, 0.6) is 0 Å². The standard InChI is InChI=1S/C18H19N3O2S2/c1-13-3-5-16(6-4-13)25(22,23)20-12-9-17-14(2)21-18(24-17)15-7-10-19-11-8-15/h3-8,10-11,20H,9,12H2,1-2H3. The van der Waals surface area contributed by atoms with Gasteiger partial charge in [0.1, 0.15) is 5.01 Å². The molecule has 25 heavy (non-hydrogen) atoms. The quantitative estimate of drug-likeness (QED) is 0.719. The lowest BCUT2D eigenvalue weighted by Crippen LogP contribution is -2.25. The van der Waals surface area contributed by atoms with E-state index in [2.05, 4.69) is 14.7 Å². The number of benzene rings is 1. The van der Waals surface area contributed by atoms with Gasteiger partial charge in [0.2, 0.25) is 10.0 Å². The average molecular weight is 374 g/mol. The summed E-state index contributed by atoms with van der Waals surface area (Å²) in [4.78, 5) is 9.96. The number of aromatic nitrogens is 2. The van der Waals surface area contributed by atoms with Crippen LogP contribution in [-0.4, -0.2) is 24.9 Å². The Morgan fingerprint density at radius 2 is 1.72 bits per heavy atom. The highest BCUT2D eigenvalue weighted by Gasteiger charge is 2.14. The molecule has 0 saturated heterocycles. The Kier molecular flexibility index (Phi) is 5.27. The monoisotopic (exact) mass is 373 g/mol. The largest absolute Gasteiger partial charge is 0.265 e. The minimum atomic E-state index is -3.48. The normalized spacial score (nSPS) is 11.6. The Bertz CT molecular complexity index is 950. The molecule has 0 radical (unpaired) electrons. The van der Waals surface area contributed by atoms with Gasteiger partial charge in [-0.1, -0.05) is 17.7 Å². The third-order valence-electron chi connectivity index (χ3n) is 3.80. The highest BCUT2D eigenvalue weighted by Crippen LogP contribution is 2.27. The fourth-order valence-electron chi connectivity index (χ4n) is 2.38. The molecular formula is C18H19N3O2S2. The molecule has 7 heteroatoms. The van der Waals surface area contributed by atoms with E-state index in [1.807, 2.05) is 26.0 Å². The molecule has 3 rings (SSSR count). The van der Waals surface area contributed by atoms with E-state index in [1.54, 1.807) is 48.0 Å². The summed E-state index contributed by atoms with van der Waals surface area (Å²) in [5.41, 5.74) is 2.99. The lowest BCUT2D eigenvalue weighted by atomic mass is 10.2. The Balaban J connectivity index is 1.66. The van der Waals surface area contributed by atoms with Gasteiger partial charge in [-0.3, -0.25) is 4.98 Å². The number of nitrogens with zero attached hydrogens (tertiary/aromatic N) is 2. The van der Waals surface area contributed by atoms with E-state index in [0.29, 0.717) is 13.0 Å². The summed E-state index contributed by atoms with van der Waals surface area (Å²) in [7, 11) is -3.48. The van der Waals surface area contributed by atoms with Gasteiger partial charge in [-0.05, 0) is 44.5 Å². The maximum absolute atomic E-state index is 12.3. The number of pyridine rings is 1. The first-order valence-electron chi connectivity index (χ1n) is 7.89. The molecule has 0 saturated carbocycles. The van der Waals surface area contributed by atoms with Crippen molar-refractivity contribution in [1.29, 1.82) is 0 Å². The van der Waals surface area contributed by atoms with Gasteiger partial charge in [-0.2, -0.15) is 0 Å². The SMILES string of the molecule is Cc1ccc(S(=O)(=O)NCCc2sc(-c3ccncc3)nc2C)cc1. The van der Waals surface area contributed by atoms with Crippen molar-refractivity contribution in [2.75, 3.05) is 6.54 Å². The third kappa shape index (κ3) is 4.31. The third-order valence-corrected chi connectivity index (χ3v) is 6.54. The number of hydrogen-bond acceptors (Lipinski definition) is 5. The van der Waals surface area contributed by atoms with Crippen LogP contribution in [0.4, 0.5) is 0 Å². The maximum atomic E-state index is 12.3. The maximum Gasteiger partial charge on any atom is 0.240 e. The van der Waals surface area contributed by atoms with Crippen molar-refractivity contribution in [2.24, 2.45) is 0 Å². The summed E-state index contributed by atoms with van der Waals surface area (Å²) in [6, 6.07) is 10.7. The fraction of sp³-hybridized carbons (Fsp3) is 0.222. The summed E-state index contributed by atoms with van der Waals surface area (Å²) in [5, 5.41) is 0.927. The highest BCUT2D eigenvalue weighted by atomic mass is 32.2. The van der Waals surface area contributed by atoms with E-state index in [1.165, 1.54) is 0 Å². The lowest BCUT2D eigenvalue weighted by Gasteiger charge is -2.06. The summed E-state index contributed by atoms with van der Waals surface area (Å²) in [6.45, 7) is 4.22. The van der Waals surface area contributed by atoms with Crippen molar-refractivity contribution in [3.63, 3.8) is 0 Å². The molecule has 2 heterocycles. The van der Waals surface area contributed by atoms with Crippen LogP contribution in [0.1, 0.15) is 16.1 Å². The highest BCUT2D eigenvalue weighted by molar-refractivity contribution is 7.89. The molecule has 1 aromatic carbocycles. The molecule has 0 spiro atoms. The van der Waals surface area contributed by atoms with Gasteiger partial charge < -0.3 is 0 Å². The van der Waals surface area contributed by atoms with Crippen molar-refractivity contribution < 1.29 is 8.42 Å². The van der Waals surface area contributed by atoms with Gasteiger partial charge in [0.15, 0.2) is 0 Å². The molecule has 0 atom stereocenters. The molecule has 0 aliphatic carbocycles. The van der Waals surface area contributed by atoms with Gasteiger partial charge in [0.25, 0.3) is 0 Å². The second-order valence-corrected chi connectivity index (χ2v) is 8.57. The van der Waals surface area contributed by atoms with Crippen LogP contribution >= 0.6 is 11.3 Å². The van der Waals surface area contributed by atoms with Crippen molar-refractivity contribution in [3.05, 3.63) is 64.9 Å². The Labute approximate surface area is 151 Å². The Morgan fingerprint density at radius 3 is 2.40 bits per heavy atom. The molecule has 2 aromatic heterocycles. The molecule has 1 N–H and O–H groups in total. The molecule has 0 unspecified atom stereocenters. The van der Waals surface area contributed by atoms with Crippen LogP contribution in [0.2, 0.25) is 0 Å². The van der Waals surface area contributed by atoms with Gasteiger partial charge in [0.05, 0.1) is 10.6 Å². The lowest BCUT2D eigenvalue weighted by molar-refractivity contribution is 0.581. The van der Waals surface area contributed by atoms with Crippen LogP contribution < -0.4 is 4.72 Å². The summed E-state index contributed by atoms with van der Waals surface area (Å²) in [5.74, 6) is 0. The van der Waals surface area contributed by atoms with Crippen molar-refractivity contribution in [1.82, 2.24) is 14.7 Å². The van der Waals surface area contributed by atoms with Crippen LogP contribution in [0.25, 0.3) is 10.6 Å². The van der Waals surface area contributed by atoms with Gasteiger partial charge >= 0.3 is 0 Å². The van der Waals surface area contributed by atoms with Crippen LogP contribution in [0, 0.1) is 13.8 Å². The molecule has 3 aromatic rings. The number of thiazole rings is 1. The molecule has 0 amide bonds. The first kappa shape index (κ1) is 17.7. The molecule has 130 valence electrons. The molecule has 5 nitrogen and oxygen atoms in total. The van der Waals surface area contributed by atoms with Crippen molar-refractivity contribution >= 4 is 21.4 Å². The molecule has 0 bridgehead atoms. The van der Waals surface area contributed by atoms with E-state index >= 15 is 0 Å². The number of aryl methyl sites for hydroxylation is 2. The number of sulfonamides is 1. The van der Waals surface area contributed by atoms with Crippen LogP contribution in [-0.2, 0) is 16.4 Å². The fourth-order valence-corrected chi connectivity index (χ4v) is 4.48. The van der Waals surface area contributed by atoms with Gasteiger partial charge in [-0.15, -0.1) is 11.3 Å². The van der Waals surface area contributed by atoms with Gasteiger partial charge in [0, 0.05) is 29.4 Å². The number of hydrogen-bond donors (Lipinski definition) is 1. The second kappa shape index (κ2) is 7.43. The second-order valence-electron chi connectivity index (χ2n) is 5.72. The van der Waals surface area contributed by atoms with Gasteiger partial charge in [-0.25, -0.2) is 18.1 Å².